The molecule has 0 aromatic carbocycles. The van der Waals surface area contributed by atoms with Crippen LogP contribution in [0.3, 0.4) is 0 Å². The Labute approximate surface area is 89.5 Å². The molecule has 0 saturated carbocycles. The van der Waals surface area contributed by atoms with Crippen molar-refractivity contribution in [3.63, 3.8) is 0 Å². The second-order valence-corrected chi connectivity index (χ2v) is 1.96. The molecule has 0 spiro atoms. The van der Waals surface area contributed by atoms with E-state index in [9.17, 15) is 0 Å². The third kappa shape index (κ3) is 11.3. The largest absolute Gasteiger partial charge is 1.00 e. The van der Waals surface area contributed by atoms with Crippen LogP contribution >= 0.6 is 0 Å². The molecule has 0 heterocycles. The zero-order valence-electron chi connectivity index (χ0n) is 5.91. The first-order chi connectivity index (χ1) is 2.77. The summed E-state index contributed by atoms with van der Waals surface area (Å²) in [6, 6.07) is 0. The van der Waals surface area contributed by atoms with Crippen LogP contribution in [0.5, 0.6) is 0 Å². The molecular weight excluding hydrogens is 111 g/mol. The van der Waals surface area contributed by atoms with E-state index in [1.165, 1.54) is 18.8 Å². The summed E-state index contributed by atoms with van der Waals surface area (Å²) in [6.45, 7) is 6.54. The average Bonchev–Trinajstić information content (AvgIpc) is 1.35. The van der Waals surface area contributed by atoms with Crippen LogP contribution in [0, 0.1) is 5.92 Å². The molecule has 0 aliphatic carbocycles. The molecule has 0 aliphatic heterocycles. The molecular formula is C6H13K. The topological polar surface area (TPSA) is 0 Å². The summed E-state index contributed by atoms with van der Waals surface area (Å²) in [4.78, 5) is 0. The molecule has 7 heavy (non-hydrogen) atoms. The summed E-state index contributed by atoms with van der Waals surface area (Å²) in [5, 5.41) is 0. The predicted octanol–water partition coefficient (Wildman–Crippen LogP) is -0.595. The molecule has 1 heteroatoms. The molecule has 0 radical (unpaired) electrons. The molecule has 0 amide bonds. The average molecular weight is 124 g/mol. The van der Waals surface area contributed by atoms with Crippen LogP contribution in [0.25, 0.3) is 0 Å². The summed E-state index contributed by atoms with van der Waals surface area (Å²) in [6.07, 6.45) is 2.59. The molecule has 0 bridgehead atoms. The fraction of sp³-hybridized carbons (Fsp3) is 0.833. The molecule has 0 N–H and O–H groups in total. The Bertz CT molecular complexity index is 25.4. The maximum Gasteiger partial charge on any atom is 1.00 e. The Kier molecular flexibility index (Phi) is 12.5. The number of hydrogen-bond donors (Lipinski definition) is 0. The predicted molar refractivity (Wildman–Crippen MR) is 29.5 cm³/mol. The Hall–Kier alpha value is 1.64. The van der Waals surface area contributed by atoms with E-state index >= 15 is 0 Å². The van der Waals surface area contributed by atoms with Crippen molar-refractivity contribution in [2.24, 2.45) is 0 Å². The second kappa shape index (κ2) is 7.64. The van der Waals surface area contributed by atoms with Crippen LogP contribution < -0.4 is 51.4 Å². The molecule has 0 unspecified atom stereocenters. The monoisotopic (exact) mass is 124 g/mol. The van der Waals surface area contributed by atoms with Gasteiger partial charge in [-0.25, -0.2) is 0 Å². The molecule has 38 valence electrons. The normalized spacial score (nSPS) is 8.57. The van der Waals surface area contributed by atoms with Gasteiger partial charge in [0.05, 0.1) is 0 Å². The van der Waals surface area contributed by atoms with Gasteiger partial charge >= 0.3 is 51.4 Å². The van der Waals surface area contributed by atoms with Crippen molar-refractivity contribution in [1.29, 1.82) is 0 Å². The third-order valence-electron chi connectivity index (χ3n) is 0.750. The van der Waals surface area contributed by atoms with Crippen LogP contribution in [-0.2, 0) is 0 Å². The molecule has 0 nitrogen and oxygen atoms in total. The van der Waals surface area contributed by atoms with Gasteiger partial charge in [-0.1, -0.05) is 13.3 Å². The van der Waals surface area contributed by atoms with Crippen LogP contribution in [0.1, 0.15) is 33.6 Å². The van der Waals surface area contributed by atoms with Gasteiger partial charge in [-0.3, -0.25) is 0 Å². The van der Waals surface area contributed by atoms with Gasteiger partial charge in [0.2, 0.25) is 0 Å². The van der Waals surface area contributed by atoms with Gasteiger partial charge in [-0.2, -0.15) is 20.3 Å². The van der Waals surface area contributed by atoms with Gasteiger partial charge in [0.15, 0.2) is 0 Å². The minimum atomic E-state index is 0. The summed E-state index contributed by atoms with van der Waals surface area (Å²) in [5.74, 6) is 1.54. The molecule has 0 fully saturated rings. The van der Waals surface area contributed by atoms with Crippen molar-refractivity contribution in [3.8, 4) is 0 Å². The van der Waals surface area contributed by atoms with E-state index in [1.54, 1.807) is 0 Å². The first kappa shape index (κ1) is 11.4. The third-order valence-corrected chi connectivity index (χ3v) is 0.750. The van der Waals surface area contributed by atoms with Crippen molar-refractivity contribution in [2.75, 3.05) is 0 Å². The number of rotatable bonds is 2. The maximum atomic E-state index is 2.20. The van der Waals surface area contributed by atoms with E-state index in [4.69, 9.17) is 0 Å². The molecule has 0 aliphatic rings. The standard InChI is InChI=1S/C6H13.K/c1-4-5-6(2)3;/h4-5H2,1-3H3;/q-1;+1. The zero-order chi connectivity index (χ0) is 4.99. The van der Waals surface area contributed by atoms with Crippen molar-refractivity contribution in [3.05, 3.63) is 5.92 Å². The van der Waals surface area contributed by atoms with Gasteiger partial charge < -0.3 is 5.92 Å². The first-order valence-electron chi connectivity index (χ1n) is 2.56. The van der Waals surface area contributed by atoms with Gasteiger partial charge in [0.25, 0.3) is 0 Å². The second-order valence-electron chi connectivity index (χ2n) is 1.96. The van der Waals surface area contributed by atoms with E-state index in [0.717, 1.165) is 0 Å². The van der Waals surface area contributed by atoms with Gasteiger partial charge in [0.1, 0.15) is 0 Å². The van der Waals surface area contributed by atoms with Gasteiger partial charge in [-0.15, -0.1) is 0 Å². The smallest absolute Gasteiger partial charge is 0.320 e. The summed E-state index contributed by atoms with van der Waals surface area (Å²) < 4.78 is 0. The fourth-order valence-corrected chi connectivity index (χ4v) is 0.500. The van der Waals surface area contributed by atoms with E-state index in [-0.39, 0.29) is 51.4 Å². The van der Waals surface area contributed by atoms with E-state index in [2.05, 4.69) is 20.8 Å². The summed E-state index contributed by atoms with van der Waals surface area (Å²) >= 11 is 0. The van der Waals surface area contributed by atoms with Gasteiger partial charge in [-0.05, 0) is 0 Å². The summed E-state index contributed by atoms with van der Waals surface area (Å²) in [7, 11) is 0. The molecule has 0 aromatic rings. The van der Waals surface area contributed by atoms with E-state index < -0.39 is 0 Å². The SMILES string of the molecule is CCC[C-](C)C.[K+]. The Balaban J connectivity index is 0. The molecule has 0 aromatic heterocycles. The van der Waals surface area contributed by atoms with Crippen molar-refractivity contribution < 1.29 is 51.4 Å². The van der Waals surface area contributed by atoms with E-state index in [0.29, 0.717) is 0 Å². The van der Waals surface area contributed by atoms with Crippen molar-refractivity contribution in [2.45, 2.75) is 33.6 Å². The summed E-state index contributed by atoms with van der Waals surface area (Å²) in [5.41, 5.74) is 0. The molecule has 0 saturated heterocycles. The Morgan fingerprint density at radius 2 is 1.71 bits per heavy atom. The first-order valence-corrected chi connectivity index (χ1v) is 2.56. The molecule has 0 atom stereocenters. The van der Waals surface area contributed by atoms with E-state index in [1.807, 2.05) is 0 Å². The minimum absolute atomic E-state index is 0. The van der Waals surface area contributed by atoms with Crippen LogP contribution in [0.15, 0.2) is 0 Å². The van der Waals surface area contributed by atoms with Crippen LogP contribution in [0.4, 0.5) is 0 Å². The fourth-order valence-electron chi connectivity index (χ4n) is 0.500. The maximum absolute atomic E-state index is 2.20. The quantitative estimate of drug-likeness (QED) is 0.341. The minimum Gasteiger partial charge on any atom is -0.320 e. The zero-order valence-corrected chi connectivity index (χ0v) is 9.04. The Morgan fingerprint density at radius 1 is 1.29 bits per heavy atom. The molecule has 0 rings (SSSR count). The van der Waals surface area contributed by atoms with Crippen molar-refractivity contribution in [1.82, 2.24) is 0 Å². The van der Waals surface area contributed by atoms with Crippen LogP contribution in [-0.4, -0.2) is 0 Å². The number of hydrogen-bond acceptors (Lipinski definition) is 0. The van der Waals surface area contributed by atoms with Crippen molar-refractivity contribution >= 4 is 0 Å². The van der Waals surface area contributed by atoms with Gasteiger partial charge in [0, 0.05) is 0 Å². The van der Waals surface area contributed by atoms with Crippen LogP contribution in [0.2, 0.25) is 0 Å². The Morgan fingerprint density at radius 3 is 1.71 bits per heavy atom.